The van der Waals surface area contributed by atoms with Crippen LogP contribution in [0.15, 0.2) is 48.5 Å². The third-order valence-corrected chi connectivity index (χ3v) is 5.41. The Hall–Kier alpha value is -2.54. The van der Waals surface area contributed by atoms with Crippen molar-refractivity contribution in [3.8, 4) is 5.75 Å². The number of carbonyl (C=O) groups is 1. The van der Waals surface area contributed by atoms with Gasteiger partial charge >= 0.3 is 0 Å². The highest BCUT2D eigenvalue weighted by Gasteiger charge is 2.17. The van der Waals surface area contributed by atoms with Gasteiger partial charge in [0.1, 0.15) is 5.75 Å². The second-order valence-corrected chi connectivity index (χ2v) is 8.00. The summed E-state index contributed by atoms with van der Waals surface area (Å²) in [5.74, 6) is 0.503. The minimum atomic E-state index is -3.39. The first-order valence-electron chi connectivity index (χ1n) is 8.25. The number of benzene rings is 2. The van der Waals surface area contributed by atoms with Crippen molar-refractivity contribution in [1.29, 1.82) is 0 Å². The molecule has 2 aromatic carbocycles. The Morgan fingerprint density at radius 3 is 2.38 bits per heavy atom. The molecule has 7 heteroatoms. The van der Waals surface area contributed by atoms with E-state index in [9.17, 15) is 13.2 Å². The van der Waals surface area contributed by atoms with Crippen molar-refractivity contribution in [3.63, 3.8) is 0 Å². The molecule has 2 aromatic rings. The number of methoxy groups -OCH3 is 1. The second-order valence-electron chi connectivity index (χ2n) is 5.99. The summed E-state index contributed by atoms with van der Waals surface area (Å²) in [5, 5.41) is 2.99. The van der Waals surface area contributed by atoms with Crippen LogP contribution in [0, 0.1) is 0 Å². The lowest BCUT2D eigenvalue weighted by molar-refractivity contribution is 0.0935. The van der Waals surface area contributed by atoms with Crippen molar-refractivity contribution in [3.05, 3.63) is 59.7 Å². The molecule has 0 heterocycles. The van der Waals surface area contributed by atoms with E-state index < -0.39 is 10.0 Å². The van der Waals surface area contributed by atoms with E-state index in [1.807, 2.05) is 31.2 Å². The Labute approximate surface area is 154 Å². The zero-order chi connectivity index (χ0) is 19.3. The molecule has 0 aromatic heterocycles. The predicted octanol–water partition coefficient (Wildman–Crippen LogP) is 2.97. The molecule has 140 valence electrons. The number of ether oxygens (including phenoxy) is 1. The van der Waals surface area contributed by atoms with Gasteiger partial charge in [-0.15, -0.1) is 0 Å². The minimum Gasteiger partial charge on any atom is -0.497 e. The van der Waals surface area contributed by atoms with E-state index in [0.29, 0.717) is 11.3 Å². The smallest absolute Gasteiger partial charge is 0.251 e. The van der Waals surface area contributed by atoms with E-state index in [0.717, 1.165) is 28.3 Å². The summed E-state index contributed by atoms with van der Waals surface area (Å²) in [6, 6.07) is 13.9. The van der Waals surface area contributed by atoms with Crippen LogP contribution in [0.4, 0.5) is 5.69 Å². The number of rotatable bonds is 7. The van der Waals surface area contributed by atoms with E-state index in [1.165, 1.54) is 7.05 Å². The van der Waals surface area contributed by atoms with Crippen LogP contribution < -0.4 is 14.4 Å². The molecular formula is C19H24N2O4S. The first kappa shape index (κ1) is 19.8. The number of nitrogens with one attached hydrogen (secondary N) is 1. The maximum atomic E-state index is 12.6. The molecular weight excluding hydrogens is 352 g/mol. The molecule has 0 fully saturated rings. The number of amides is 1. The normalized spacial score (nSPS) is 12.3. The Morgan fingerprint density at radius 1 is 1.19 bits per heavy atom. The molecule has 6 nitrogen and oxygen atoms in total. The van der Waals surface area contributed by atoms with E-state index in [1.54, 1.807) is 31.4 Å². The van der Waals surface area contributed by atoms with E-state index in [2.05, 4.69) is 5.32 Å². The first-order valence-corrected chi connectivity index (χ1v) is 10.1. The van der Waals surface area contributed by atoms with Gasteiger partial charge in [-0.05, 0) is 42.3 Å². The van der Waals surface area contributed by atoms with Gasteiger partial charge in [-0.1, -0.05) is 25.1 Å². The maximum absolute atomic E-state index is 12.6. The second kappa shape index (κ2) is 8.23. The molecule has 0 saturated carbocycles. The van der Waals surface area contributed by atoms with E-state index in [-0.39, 0.29) is 11.9 Å². The molecule has 26 heavy (non-hydrogen) atoms. The highest BCUT2D eigenvalue weighted by Crippen LogP contribution is 2.22. The van der Waals surface area contributed by atoms with E-state index >= 15 is 0 Å². The predicted molar refractivity (Wildman–Crippen MR) is 103 cm³/mol. The highest BCUT2D eigenvalue weighted by atomic mass is 32.2. The van der Waals surface area contributed by atoms with Gasteiger partial charge in [0, 0.05) is 12.6 Å². The Kier molecular flexibility index (Phi) is 6.26. The fourth-order valence-electron chi connectivity index (χ4n) is 2.53. The number of sulfonamides is 1. The molecule has 0 saturated heterocycles. The quantitative estimate of drug-likeness (QED) is 0.806. The first-order chi connectivity index (χ1) is 12.3. The lowest BCUT2D eigenvalue weighted by Gasteiger charge is -2.20. The van der Waals surface area contributed by atoms with Crippen LogP contribution in [0.3, 0.4) is 0 Å². The fraction of sp³-hybridized carbons (Fsp3) is 0.316. The summed E-state index contributed by atoms with van der Waals surface area (Å²) in [5.41, 5.74) is 1.83. The minimum absolute atomic E-state index is 0.148. The number of carbonyl (C=O) groups excluding carboxylic acids is 1. The number of anilines is 1. The van der Waals surface area contributed by atoms with Gasteiger partial charge in [0.2, 0.25) is 10.0 Å². The molecule has 1 atom stereocenters. The zero-order valence-corrected chi connectivity index (χ0v) is 16.2. The number of hydrogen-bond donors (Lipinski definition) is 1. The van der Waals surface area contributed by atoms with Crippen molar-refractivity contribution in [2.75, 3.05) is 24.7 Å². The third-order valence-electron chi connectivity index (χ3n) is 4.20. The van der Waals surface area contributed by atoms with Crippen LogP contribution in [0.2, 0.25) is 0 Å². The summed E-state index contributed by atoms with van der Waals surface area (Å²) >= 11 is 0. The standard InChI is InChI=1S/C19H24N2O4S/c1-5-18(14-9-11-17(25-3)12-10-14)20-19(22)15-7-6-8-16(13-15)21(2)26(4,23)24/h6-13,18H,5H2,1-4H3,(H,20,22)/t18-/m0/s1. The monoisotopic (exact) mass is 376 g/mol. The molecule has 0 bridgehead atoms. The van der Waals surface area contributed by atoms with Crippen LogP contribution in [0.1, 0.15) is 35.3 Å². The van der Waals surface area contributed by atoms with Crippen LogP contribution in [-0.2, 0) is 10.0 Å². The lowest BCUT2D eigenvalue weighted by Crippen LogP contribution is -2.29. The van der Waals surface area contributed by atoms with Crippen LogP contribution in [-0.4, -0.2) is 34.7 Å². The average molecular weight is 376 g/mol. The third kappa shape index (κ3) is 4.76. The van der Waals surface area contributed by atoms with Crippen LogP contribution >= 0.6 is 0 Å². The van der Waals surface area contributed by atoms with Gasteiger partial charge in [-0.2, -0.15) is 0 Å². The summed E-state index contributed by atoms with van der Waals surface area (Å²) in [4.78, 5) is 12.6. The van der Waals surface area contributed by atoms with E-state index in [4.69, 9.17) is 4.74 Å². The Bertz CT molecular complexity index is 863. The Balaban J connectivity index is 2.19. The largest absolute Gasteiger partial charge is 0.497 e. The molecule has 0 unspecified atom stereocenters. The maximum Gasteiger partial charge on any atom is 0.251 e. The lowest BCUT2D eigenvalue weighted by atomic mass is 10.0. The molecule has 1 amide bonds. The highest BCUT2D eigenvalue weighted by molar-refractivity contribution is 7.92. The summed E-state index contributed by atoms with van der Waals surface area (Å²) < 4.78 is 29.7. The topological polar surface area (TPSA) is 75.7 Å². The number of hydrogen-bond acceptors (Lipinski definition) is 4. The van der Waals surface area contributed by atoms with Crippen molar-refractivity contribution >= 4 is 21.6 Å². The molecule has 2 rings (SSSR count). The molecule has 0 aliphatic carbocycles. The van der Waals surface area contributed by atoms with Gasteiger partial charge in [0.05, 0.1) is 25.1 Å². The van der Waals surface area contributed by atoms with Crippen LogP contribution in [0.25, 0.3) is 0 Å². The zero-order valence-electron chi connectivity index (χ0n) is 15.4. The average Bonchev–Trinajstić information content (AvgIpc) is 2.64. The Morgan fingerprint density at radius 2 is 1.85 bits per heavy atom. The summed E-state index contributed by atoms with van der Waals surface area (Å²) in [6.07, 6.45) is 1.84. The SMILES string of the molecule is CC[C@H](NC(=O)c1cccc(N(C)S(C)(=O)=O)c1)c1ccc(OC)cc1. The summed E-state index contributed by atoms with van der Waals surface area (Å²) in [7, 11) is -0.323. The van der Waals surface area contributed by atoms with Gasteiger partial charge < -0.3 is 10.1 Å². The van der Waals surface area contributed by atoms with Crippen molar-refractivity contribution < 1.29 is 17.9 Å². The van der Waals surface area contributed by atoms with Crippen molar-refractivity contribution in [2.45, 2.75) is 19.4 Å². The van der Waals surface area contributed by atoms with Gasteiger partial charge in [0.25, 0.3) is 5.91 Å². The molecule has 0 aliphatic rings. The molecule has 0 spiro atoms. The van der Waals surface area contributed by atoms with Crippen molar-refractivity contribution in [2.24, 2.45) is 0 Å². The van der Waals surface area contributed by atoms with Gasteiger partial charge in [-0.3, -0.25) is 9.10 Å². The molecule has 0 aliphatic heterocycles. The fourth-order valence-corrected chi connectivity index (χ4v) is 3.03. The van der Waals surface area contributed by atoms with Gasteiger partial charge in [0.15, 0.2) is 0 Å². The number of nitrogens with zero attached hydrogens (tertiary/aromatic N) is 1. The molecule has 0 radical (unpaired) electrons. The van der Waals surface area contributed by atoms with Gasteiger partial charge in [-0.25, -0.2) is 8.42 Å². The van der Waals surface area contributed by atoms with Crippen LogP contribution in [0.5, 0.6) is 5.75 Å². The molecule has 1 N–H and O–H groups in total. The van der Waals surface area contributed by atoms with Crippen molar-refractivity contribution in [1.82, 2.24) is 5.32 Å². The summed E-state index contributed by atoms with van der Waals surface area (Å²) in [6.45, 7) is 1.99.